The molecule has 3 aromatic rings. The highest BCUT2D eigenvalue weighted by Gasteiger charge is 2.14. The van der Waals surface area contributed by atoms with Gasteiger partial charge in [0.2, 0.25) is 5.95 Å². The van der Waals surface area contributed by atoms with Gasteiger partial charge in [-0.15, -0.1) is 0 Å². The van der Waals surface area contributed by atoms with Gasteiger partial charge in [-0.1, -0.05) is 0 Å². The summed E-state index contributed by atoms with van der Waals surface area (Å²) in [4.78, 5) is 4.10. The van der Waals surface area contributed by atoms with Gasteiger partial charge in [0.1, 0.15) is 5.82 Å². The van der Waals surface area contributed by atoms with Gasteiger partial charge in [0.15, 0.2) is 11.6 Å². The molecule has 2 N–H and O–H groups in total. The maximum Gasteiger partial charge on any atom is 0.205 e. The van der Waals surface area contributed by atoms with E-state index in [1.807, 2.05) is 0 Å². The Kier molecular flexibility index (Phi) is 2.78. The van der Waals surface area contributed by atoms with Crippen molar-refractivity contribution in [3.8, 4) is 11.4 Å². The number of hydrogen-bond acceptors (Lipinski definition) is 3. The van der Waals surface area contributed by atoms with Crippen molar-refractivity contribution in [3.05, 3.63) is 48.0 Å². The Balaban J connectivity index is 2.29. The van der Waals surface area contributed by atoms with Crippen molar-refractivity contribution in [2.75, 3.05) is 12.8 Å². The zero-order valence-electron chi connectivity index (χ0n) is 10.6. The third-order valence-corrected chi connectivity index (χ3v) is 3.04. The quantitative estimate of drug-likeness (QED) is 0.782. The van der Waals surface area contributed by atoms with Crippen molar-refractivity contribution >= 4 is 17.0 Å². The molecule has 3 rings (SSSR count). The highest BCUT2D eigenvalue weighted by molar-refractivity contribution is 5.82. The lowest BCUT2D eigenvalue weighted by molar-refractivity contribution is 0.387. The van der Waals surface area contributed by atoms with E-state index >= 15 is 0 Å². The van der Waals surface area contributed by atoms with E-state index in [1.54, 1.807) is 16.7 Å². The number of nitrogen functional groups attached to an aromatic ring is 1. The number of hydrogen-bond donors (Lipinski definition) is 1. The summed E-state index contributed by atoms with van der Waals surface area (Å²) in [5.41, 5.74) is 7.50. The summed E-state index contributed by atoms with van der Waals surface area (Å²) in [6.07, 6.45) is 0. The predicted molar refractivity (Wildman–Crippen MR) is 72.0 cm³/mol. The summed E-state index contributed by atoms with van der Waals surface area (Å²) in [5, 5.41) is 0. The van der Waals surface area contributed by atoms with Crippen LogP contribution in [0.15, 0.2) is 36.4 Å². The lowest BCUT2D eigenvalue weighted by atomic mass is 10.2. The predicted octanol–water partition coefficient (Wildman–Crippen LogP) is 2.89. The number of methoxy groups -OCH3 is 1. The number of ether oxygens (including phenoxy) is 1. The van der Waals surface area contributed by atoms with Gasteiger partial charge in [0, 0.05) is 17.8 Å². The van der Waals surface area contributed by atoms with E-state index in [9.17, 15) is 8.78 Å². The van der Waals surface area contributed by atoms with Gasteiger partial charge in [0.05, 0.1) is 18.1 Å². The molecule has 1 aromatic heterocycles. The number of halogens is 2. The molecular weight excluding hydrogens is 264 g/mol. The van der Waals surface area contributed by atoms with E-state index in [2.05, 4.69) is 4.98 Å². The first kappa shape index (κ1) is 12.4. The Morgan fingerprint density at radius 3 is 2.50 bits per heavy atom. The lowest BCUT2D eigenvalue weighted by Crippen LogP contribution is -2.00. The lowest BCUT2D eigenvalue weighted by Gasteiger charge is -2.07. The fraction of sp³-hybridized carbons (Fsp3) is 0.0714. The van der Waals surface area contributed by atoms with Crippen LogP contribution in [-0.2, 0) is 0 Å². The van der Waals surface area contributed by atoms with Crippen molar-refractivity contribution in [2.24, 2.45) is 0 Å². The Morgan fingerprint density at radius 2 is 1.85 bits per heavy atom. The van der Waals surface area contributed by atoms with Gasteiger partial charge in [-0.25, -0.2) is 13.8 Å². The van der Waals surface area contributed by atoms with Crippen molar-refractivity contribution < 1.29 is 13.5 Å². The minimum atomic E-state index is -0.510. The molecule has 0 bridgehead atoms. The summed E-state index contributed by atoms with van der Waals surface area (Å²) < 4.78 is 33.2. The normalized spacial score (nSPS) is 10.9. The number of nitrogens with zero attached hydrogens (tertiary/aromatic N) is 2. The van der Waals surface area contributed by atoms with Crippen LogP contribution in [0.1, 0.15) is 0 Å². The molecule has 20 heavy (non-hydrogen) atoms. The number of imidazole rings is 1. The van der Waals surface area contributed by atoms with E-state index in [0.717, 1.165) is 0 Å². The number of fused-ring (bicyclic) bond motifs is 1. The standard InChI is InChI=1S/C14H11F2N3O/c1-20-13-7-12-11(6-10(13)16)18-14(17)19(12)9-4-2-8(15)3-5-9/h2-7H,1H3,(H2,17,18). The Bertz CT molecular complexity index is 781. The van der Waals surface area contributed by atoms with Crippen molar-refractivity contribution in [3.63, 3.8) is 0 Å². The molecule has 0 atom stereocenters. The summed E-state index contributed by atoms with van der Waals surface area (Å²) in [5.74, 6) is -0.566. The third kappa shape index (κ3) is 1.85. The average molecular weight is 275 g/mol. The van der Waals surface area contributed by atoms with Gasteiger partial charge >= 0.3 is 0 Å². The highest BCUT2D eigenvalue weighted by Crippen LogP contribution is 2.28. The molecule has 0 saturated heterocycles. The monoisotopic (exact) mass is 275 g/mol. The molecule has 4 nitrogen and oxygen atoms in total. The van der Waals surface area contributed by atoms with Crippen molar-refractivity contribution in [2.45, 2.75) is 0 Å². The van der Waals surface area contributed by atoms with Gasteiger partial charge in [-0.2, -0.15) is 0 Å². The summed E-state index contributed by atoms with van der Waals surface area (Å²) >= 11 is 0. The van der Waals surface area contributed by atoms with Crippen molar-refractivity contribution in [1.29, 1.82) is 0 Å². The zero-order valence-corrected chi connectivity index (χ0v) is 10.6. The molecule has 102 valence electrons. The topological polar surface area (TPSA) is 53.1 Å². The molecule has 2 aromatic carbocycles. The van der Waals surface area contributed by atoms with E-state index in [-0.39, 0.29) is 17.5 Å². The average Bonchev–Trinajstić information content (AvgIpc) is 2.74. The Labute approximate surface area is 113 Å². The molecule has 0 saturated carbocycles. The van der Waals surface area contributed by atoms with Crippen LogP contribution >= 0.6 is 0 Å². The van der Waals surface area contributed by atoms with Gasteiger partial charge in [0.25, 0.3) is 0 Å². The molecule has 0 radical (unpaired) electrons. The summed E-state index contributed by atoms with van der Waals surface area (Å²) in [7, 11) is 1.38. The van der Waals surface area contributed by atoms with Crippen LogP contribution in [0.4, 0.5) is 14.7 Å². The first-order valence-electron chi connectivity index (χ1n) is 5.87. The van der Waals surface area contributed by atoms with Crippen molar-refractivity contribution in [1.82, 2.24) is 9.55 Å². The zero-order chi connectivity index (χ0) is 14.3. The summed E-state index contributed by atoms with van der Waals surface area (Å²) in [6.45, 7) is 0. The maximum absolute atomic E-state index is 13.7. The van der Waals surface area contributed by atoms with E-state index in [4.69, 9.17) is 10.5 Å². The summed E-state index contributed by atoms with van der Waals surface area (Å²) in [6, 6.07) is 8.55. The highest BCUT2D eigenvalue weighted by atomic mass is 19.1. The van der Waals surface area contributed by atoms with E-state index in [1.165, 1.54) is 31.4 Å². The van der Waals surface area contributed by atoms with Crippen LogP contribution in [0.5, 0.6) is 5.75 Å². The SMILES string of the molecule is COc1cc2c(cc1F)nc(N)n2-c1ccc(F)cc1. The molecule has 6 heteroatoms. The number of rotatable bonds is 2. The van der Waals surface area contributed by atoms with Gasteiger partial charge in [-0.3, -0.25) is 4.57 Å². The number of aromatic nitrogens is 2. The first-order valence-corrected chi connectivity index (χ1v) is 5.87. The van der Waals surface area contributed by atoms with E-state index in [0.29, 0.717) is 16.7 Å². The van der Waals surface area contributed by atoms with E-state index < -0.39 is 5.82 Å². The smallest absolute Gasteiger partial charge is 0.205 e. The molecular formula is C14H11F2N3O. The minimum Gasteiger partial charge on any atom is -0.494 e. The fourth-order valence-corrected chi connectivity index (χ4v) is 2.12. The van der Waals surface area contributed by atoms with Gasteiger partial charge in [-0.05, 0) is 24.3 Å². The Hall–Kier alpha value is -2.63. The number of nitrogens with two attached hydrogens (primary N) is 1. The second kappa shape index (κ2) is 4.48. The van der Waals surface area contributed by atoms with Crippen LogP contribution in [0, 0.1) is 11.6 Å². The second-order valence-corrected chi connectivity index (χ2v) is 4.26. The molecule has 0 aliphatic carbocycles. The first-order chi connectivity index (χ1) is 9.60. The fourth-order valence-electron chi connectivity index (χ4n) is 2.12. The largest absolute Gasteiger partial charge is 0.494 e. The second-order valence-electron chi connectivity index (χ2n) is 4.26. The molecule has 0 amide bonds. The molecule has 0 unspecified atom stereocenters. The van der Waals surface area contributed by atoms with Crippen LogP contribution < -0.4 is 10.5 Å². The molecule has 1 heterocycles. The maximum atomic E-state index is 13.7. The number of benzene rings is 2. The third-order valence-electron chi connectivity index (χ3n) is 3.04. The molecule has 0 fully saturated rings. The van der Waals surface area contributed by atoms with Crippen LogP contribution in [0.25, 0.3) is 16.7 Å². The Morgan fingerprint density at radius 1 is 1.15 bits per heavy atom. The van der Waals surface area contributed by atoms with Gasteiger partial charge < -0.3 is 10.5 Å². The molecule has 0 aliphatic rings. The molecule has 0 spiro atoms. The van der Waals surface area contributed by atoms with Crippen LogP contribution in [0.2, 0.25) is 0 Å². The molecule has 0 aliphatic heterocycles. The van der Waals surface area contributed by atoms with Crippen LogP contribution in [0.3, 0.4) is 0 Å². The van der Waals surface area contributed by atoms with Crippen LogP contribution in [-0.4, -0.2) is 16.7 Å². The number of anilines is 1. The minimum absolute atomic E-state index is 0.0979.